The summed E-state index contributed by atoms with van der Waals surface area (Å²) in [6.07, 6.45) is 0.742. The number of benzene rings is 2. The number of Topliss-reactive ketones (excluding diaryl/α,β-unsaturated/α-hetero) is 1. The molecule has 0 saturated heterocycles. The Labute approximate surface area is 105 Å². The lowest BCUT2D eigenvalue weighted by Crippen LogP contribution is -2.05. The SMILES string of the molecule is N=CC(=O)c1cccc(C(=O)c2ccccc2)c1. The Kier molecular flexibility index (Phi) is 3.44. The fourth-order valence-corrected chi connectivity index (χ4v) is 1.65. The van der Waals surface area contributed by atoms with Crippen molar-refractivity contribution in [2.24, 2.45) is 0 Å². The average molecular weight is 237 g/mol. The Morgan fingerprint density at radius 1 is 0.833 bits per heavy atom. The number of rotatable bonds is 4. The third-order valence-corrected chi connectivity index (χ3v) is 2.58. The zero-order valence-electron chi connectivity index (χ0n) is 9.59. The maximum absolute atomic E-state index is 12.1. The molecule has 0 fully saturated rings. The van der Waals surface area contributed by atoms with Gasteiger partial charge < -0.3 is 5.41 Å². The van der Waals surface area contributed by atoms with Gasteiger partial charge in [0, 0.05) is 16.7 Å². The van der Waals surface area contributed by atoms with E-state index in [1.54, 1.807) is 42.5 Å². The number of ketones is 2. The van der Waals surface area contributed by atoms with E-state index in [0.717, 1.165) is 6.21 Å². The topological polar surface area (TPSA) is 58.0 Å². The molecule has 0 unspecified atom stereocenters. The van der Waals surface area contributed by atoms with Crippen molar-refractivity contribution in [3.05, 3.63) is 71.3 Å². The summed E-state index contributed by atoms with van der Waals surface area (Å²) in [5, 5.41) is 6.93. The van der Waals surface area contributed by atoms with Crippen LogP contribution in [0, 0.1) is 5.41 Å². The molecule has 0 aliphatic carbocycles. The number of carbonyl (C=O) groups excluding carboxylic acids is 2. The molecule has 2 rings (SSSR count). The van der Waals surface area contributed by atoms with Gasteiger partial charge in [-0.15, -0.1) is 0 Å². The van der Waals surface area contributed by atoms with E-state index in [-0.39, 0.29) is 5.78 Å². The second-order valence-electron chi connectivity index (χ2n) is 3.78. The minimum Gasteiger partial charge on any atom is -0.305 e. The molecule has 0 aliphatic rings. The van der Waals surface area contributed by atoms with Crippen LogP contribution in [0.25, 0.3) is 0 Å². The van der Waals surface area contributed by atoms with Crippen LogP contribution in [-0.2, 0) is 0 Å². The summed E-state index contributed by atoms with van der Waals surface area (Å²) in [6, 6.07) is 15.3. The highest BCUT2D eigenvalue weighted by molar-refractivity contribution is 6.34. The van der Waals surface area contributed by atoms with Crippen LogP contribution in [0.1, 0.15) is 26.3 Å². The van der Waals surface area contributed by atoms with Gasteiger partial charge in [-0.2, -0.15) is 0 Å². The summed E-state index contributed by atoms with van der Waals surface area (Å²) >= 11 is 0. The average Bonchev–Trinajstić information content (AvgIpc) is 2.46. The molecule has 88 valence electrons. The minimum atomic E-state index is -0.405. The molecule has 2 aromatic rings. The van der Waals surface area contributed by atoms with Crippen molar-refractivity contribution < 1.29 is 9.59 Å². The van der Waals surface area contributed by atoms with Gasteiger partial charge in [-0.1, -0.05) is 48.5 Å². The Bertz CT molecular complexity index is 603. The van der Waals surface area contributed by atoms with Crippen LogP contribution in [0.3, 0.4) is 0 Å². The largest absolute Gasteiger partial charge is 0.305 e. The van der Waals surface area contributed by atoms with Gasteiger partial charge in [0.1, 0.15) is 0 Å². The van der Waals surface area contributed by atoms with E-state index in [0.29, 0.717) is 16.7 Å². The zero-order chi connectivity index (χ0) is 13.0. The van der Waals surface area contributed by atoms with E-state index in [1.165, 1.54) is 6.07 Å². The van der Waals surface area contributed by atoms with Crippen LogP contribution < -0.4 is 0 Å². The van der Waals surface area contributed by atoms with Gasteiger partial charge >= 0.3 is 0 Å². The smallest absolute Gasteiger partial charge is 0.203 e. The van der Waals surface area contributed by atoms with Crippen molar-refractivity contribution in [2.45, 2.75) is 0 Å². The molecule has 3 nitrogen and oxygen atoms in total. The molecule has 1 N–H and O–H groups in total. The fraction of sp³-hybridized carbons (Fsp3) is 0. The Balaban J connectivity index is 2.37. The quantitative estimate of drug-likeness (QED) is 0.656. The first kappa shape index (κ1) is 11.9. The first-order valence-corrected chi connectivity index (χ1v) is 5.47. The van der Waals surface area contributed by atoms with Crippen LogP contribution in [0.5, 0.6) is 0 Å². The van der Waals surface area contributed by atoms with Crippen LogP contribution in [0.4, 0.5) is 0 Å². The minimum absolute atomic E-state index is 0.129. The number of nitrogens with one attached hydrogen (secondary N) is 1. The highest BCUT2D eigenvalue weighted by Crippen LogP contribution is 2.11. The van der Waals surface area contributed by atoms with Crippen molar-refractivity contribution in [3.63, 3.8) is 0 Å². The highest BCUT2D eigenvalue weighted by Gasteiger charge is 2.10. The van der Waals surface area contributed by atoms with Gasteiger partial charge in [0.25, 0.3) is 0 Å². The Morgan fingerprint density at radius 3 is 2.11 bits per heavy atom. The van der Waals surface area contributed by atoms with Gasteiger partial charge in [0.05, 0.1) is 6.21 Å². The van der Waals surface area contributed by atoms with Crippen LogP contribution >= 0.6 is 0 Å². The van der Waals surface area contributed by atoms with E-state index in [2.05, 4.69) is 0 Å². The first-order chi connectivity index (χ1) is 8.72. The molecule has 0 atom stereocenters. The summed E-state index contributed by atoms with van der Waals surface area (Å²) in [7, 11) is 0. The molecular weight excluding hydrogens is 226 g/mol. The zero-order valence-corrected chi connectivity index (χ0v) is 9.59. The maximum atomic E-state index is 12.1. The summed E-state index contributed by atoms with van der Waals surface area (Å²) in [5.74, 6) is -0.534. The summed E-state index contributed by atoms with van der Waals surface area (Å²) in [5.41, 5.74) is 1.39. The predicted molar refractivity (Wildman–Crippen MR) is 69.4 cm³/mol. The Hall–Kier alpha value is -2.55. The van der Waals surface area contributed by atoms with Crippen LogP contribution in [-0.4, -0.2) is 17.8 Å². The van der Waals surface area contributed by atoms with Crippen molar-refractivity contribution in [1.29, 1.82) is 5.41 Å². The summed E-state index contributed by atoms with van der Waals surface area (Å²) in [4.78, 5) is 23.5. The molecule has 0 aliphatic heterocycles. The highest BCUT2D eigenvalue weighted by atomic mass is 16.1. The lowest BCUT2D eigenvalue weighted by atomic mass is 10.0. The summed E-state index contributed by atoms with van der Waals surface area (Å²) < 4.78 is 0. The molecule has 3 heteroatoms. The molecule has 0 radical (unpaired) electrons. The van der Waals surface area contributed by atoms with Gasteiger partial charge in [-0.25, -0.2) is 0 Å². The number of carbonyl (C=O) groups is 2. The first-order valence-electron chi connectivity index (χ1n) is 5.47. The molecule has 2 aromatic carbocycles. The monoisotopic (exact) mass is 237 g/mol. The van der Waals surface area contributed by atoms with E-state index in [1.807, 2.05) is 6.07 Å². The molecule has 0 aromatic heterocycles. The number of hydrogen-bond acceptors (Lipinski definition) is 3. The van der Waals surface area contributed by atoms with Gasteiger partial charge in [0.15, 0.2) is 5.78 Å². The van der Waals surface area contributed by atoms with Crippen LogP contribution in [0.15, 0.2) is 54.6 Å². The van der Waals surface area contributed by atoms with Crippen molar-refractivity contribution in [2.75, 3.05) is 0 Å². The summed E-state index contributed by atoms with van der Waals surface area (Å²) in [6.45, 7) is 0. The van der Waals surface area contributed by atoms with Gasteiger partial charge in [-0.05, 0) is 6.07 Å². The van der Waals surface area contributed by atoms with E-state index in [9.17, 15) is 9.59 Å². The molecule has 18 heavy (non-hydrogen) atoms. The molecule has 0 heterocycles. The normalized spacial score (nSPS) is 9.78. The molecule has 0 amide bonds. The second kappa shape index (κ2) is 5.19. The van der Waals surface area contributed by atoms with Crippen molar-refractivity contribution in [3.8, 4) is 0 Å². The molecular formula is C15H11NO2. The molecule has 0 saturated carbocycles. The van der Waals surface area contributed by atoms with Crippen LogP contribution in [0.2, 0.25) is 0 Å². The van der Waals surface area contributed by atoms with E-state index in [4.69, 9.17) is 5.41 Å². The molecule has 0 bridgehead atoms. The predicted octanol–water partition coefficient (Wildman–Crippen LogP) is 2.75. The fourth-order valence-electron chi connectivity index (χ4n) is 1.65. The Morgan fingerprint density at radius 2 is 1.44 bits per heavy atom. The molecule has 0 spiro atoms. The lowest BCUT2D eigenvalue weighted by molar-refractivity contribution is 0.103. The van der Waals surface area contributed by atoms with Crippen molar-refractivity contribution in [1.82, 2.24) is 0 Å². The van der Waals surface area contributed by atoms with E-state index < -0.39 is 5.78 Å². The standard InChI is InChI=1S/C15H11NO2/c16-10-14(17)12-7-4-8-13(9-12)15(18)11-5-2-1-3-6-11/h1-10,16H. The maximum Gasteiger partial charge on any atom is 0.203 e. The number of hydrogen-bond donors (Lipinski definition) is 1. The third-order valence-electron chi connectivity index (χ3n) is 2.58. The third kappa shape index (κ3) is 2.40. The second-order valence-corrected chi connectivity index (χ2v) is 3.78. The van der Waals surface area contributed by atoms with Crippen molar-refractivity contribution >= 4 is 17.8 Å². The van der Waals surface area contributed by atoms with E-state index >= 15 is 0 Å². The van der Waals surface area contributed by atoms with Gasteiger partial charge in [0.2, 0.25) is 5.78 Å². The lowest BCUT2D eigenvalue weighted by Gasteiger charge is -2.02. The van der Waals surface area contributed by atoms with Gasteiger partial charge in [-0.3, -0.25) is 9.59 Å².